The average Bonchev–Trinajstić information content (AvgIpc) is 2.61. The Labute approximate surface area is 160 Å². The van der Waals surface area contributed by atoms with Crippen LogP contribution in [-0.2, 0) is 9.59 Å². The van der Waals surface area contributed by atoms with Crippen molar-refractivity contribution in [3.8, 4) is 5.75 Å². The smallest absolute Gasteiger partial charge is 0.258 e. The lowest BCUT2D eigenvalue weighted by Crippen LogP contribution is -2.35. The average molecular weight is 419 g/mol. The van der Waals surface area contributed by atoms with Crippen molar-refractivity contribution < 1.29 is 19.1 Å². The lowest BCUT2D eigenvalue weighted by molar-refractivity contribution is -0.125. The number of anilines is 1. The van der Waals surface area contributed by atoms with Gasteiger partial charge in [0.1, 0.15) is 5.75 Å². The van der Waals surface area contributed by atoms with E-state index in [0.29, 0.717) is 17.0 Å². The predicted octanol–water partition coefficient (Wildman–Crippen LogP) is 3.09. The topological polar surface area (TPSA) is 84.5 Å². The minimum absolute atomic E-state index is 0.0835. The highest BCUT2D eigenvalue weighted by atomic mass is 79.9. The Bertz CT molecular complexity index is 836. The Morgan fingerprint density at radius 1 is 1.08 bits per heavy atom. The highest BCUT2D eigenvalue weighted by Gasteiger charge is 2.09. The first kappa shape index (κ1) is 19.7. The lowest BCUT2D eigenvalue weighted by Gasteiger charge is -2.10. The molecule has 7 heteroatoms. The Kier molecular flexibility index (Phi) is 6.91. The number of nitrogens with one attached hydrogen (secondary N) is 2. The molecule has 0 aliphatic heterocycles. The fraction of sp³-hybridized carbons (Fsp3) is 0.211. The van der Waals surface area contributed by atoms with E-state index in [2.05, 4.69) is 26.6 Å². The maximum absolute atomic E-state index is 11.9. The summed E-state index contributed by atoms with van der Waals surface area (Å²) in [6.07, 6.45) is 0. The van der Waals surface area contributed by atoms with Gasteiger partial charge in [-0.15, -0.1) is 0 Å². The van der Waals surface area contributed by atoms with Gasteiger partial charge in [-0.25, -0.2) is 0 Å². The van der Waals surface area contributed by atoms with Gasteiger partial charge in [-0.1, -0.05) is 28.1 Å². The minimum Gasteiger partial charge on any atom is -0.484 e. The Hall–Kier alpha value is -2.67. The summed E-state index contributed by atoms with van der Waals surface area (Å²) < 4.78 is 6.26. The van der Waals surface area contributed by atoms with Crippen LogP contribution in [0.2, 0.25) is 0 Å². The second kappa shape index (κ2) is 9.15. The molecule has 0 saturated heterocycles. The molecule has 2 rings (SSSR count). The molecule has 0 fully saturated rings. The maximum atomic E-state index is 11.9. The minimum atomic E-state index is -0.430. The standard InChI is InChI=1S/C19H19BrN2O4/c1-12-8-15(20)6-7-17(12)22-18(24)10-21-19(25)11-26-16-5-3-4-14(9-16)13(2)23/h3-9H,10-11H2,1-2H3,(H,21,25)(H,22,24). The number of ether oxygens (including phenoxy) is 1. The van der Waals surface area contributed by atoms with E-state index in [-0.39, 0.29) is 24.8 Å². The van der Waals surface area contributed by atoms with Crippen molar-refractivity contribution in [2.75, 3.05) is 18.5 Å². The lowest BCUT2D eigenvalue weighted by atomic mass is 10.1. The van der Waals surface area contributed by atoms with Gasteiger partial charge in [0.15, 0.2) is 12.4 Å². The molecular weight excluding hydrogens is 400 g/mol. The molecule has 0 saturated carbocycles. The van der Waals surface area contributed by atoms with Gasteiger partial charge in [-0.2, -0.15) is 0 Å². The van der Waals surface area contributed by atoms with Crippen molar-refractivity contribution in [1.29, 1.82) is 0 Å². The zero-order chi connectivity index (χ0) is 19.1. The van der Waals surface area contributed by atoms with Gasteiger partial charge in [-0.3, -0.25) is 14.4 Å². The number of ketones is 1. The Morgan fingerprint density at radius 3 is 2.54 bits per heavy atom. The van der Waals surface area contributed by atoms with E-state index in [0.717, 1.165) is 10.0 Å². The van der Waals surface area contributed by atoms with Crippen LogP contribution in [0.15, 0.2) is 46.9 Å². The van der Waals surface area contributed by atoms with Gasteiger partial charge in [0.05, 0.1) is 6.54 Å². The number of benzene rings is 2. The maximum Gasteiger partial charge on any atom is 0.258 e. The molecule has 6 nitrogen and oxygen atoms in total. The summed E-state index contributed by atoms with van der Waals surface area (Å²) in [5.74, 6) is -0.425. The molecule has 0 bridgehead atoms. The summed E-state index contributed by atoms with van der Waals surface area (Å²) in [5.41, 5.74) is 2.10. The fourth-order valence-electron chi connectivity index (χ4n) is 2.15. The van der Waals surface area contributed by atoms with Crippen LogP contribution in [-0.4, -0.2) is 30.7 Å². The summed E-state index contributed by atoms with van der Waals surface area (Å²) in [6, 6.07) is 12.1. The zero-order valence-corrected chi connectivity index (χ0v) is 16.1. The number of amides is 2. The van der Waals surface area contributed by atoms with Crippen LogP contribution in [0.4, 0.5) is 5.69 Å². The number of hydrogen-bond donors (Lipinski definition) is 2. The molecule has 26 heavy (non-hydrogen) atoms. The number of carbonyl (C=O) groups excluding carboxylic acids is 3. The molecule has 0 aliphatic rings. The highest BCUT2D eigenvalue weighted by Crippen LogP contribution is 2.19. The van der Waals surface area contributed by atoms with Crippen molar-refractivity contribution >= 4 is 39.2 Å². The molecule has 0 aromatic heterocycles. The number of rotatable bonds is 7. The molecule has 0 aliphatic carbocycles. The van der Waals surface area contributed by atoms with E-state index in [1.807, 2.05) is 19.1 Å². The first-order valence-electron chi connectivity index (χ1n) is 7.91. The first-order chi connectivity index (χ1) is 12.3. The van der Waals surface area contributed by atoms with Crippen LogP contribution in [0.25, 0.3) is 0 Å². The van der Waals surface area contributed by atoms with E-state index < -0.39 is 5.91 Å². The Balaban J connectivity index is 1.78. The third kappa shape index (κ3) is 6.00. The van der Waals surface area contributed by atoms with Crippen molar-refractivity contribution in [2.24, 2.45) is 0 Å². The Morgan fingerprint density at radius 2 is 1.85 bits per heavy atom. The van der Waals surface area contributed by atoms with Gasteiger partial charge < -0.3 is 15.4 Å². The third-order valence-corrected chi connectivity index (χ3v) is 4.01. The molecule has 0 spiro atoms. The quantitative estimate of drug-likeness (QED) is 0.676. The van der Waals surface area contributed by atoms with E-state index >= 15 is 0 Å². The second-order valence-electron chi connectivity index (χ2n) is 5.66. The fourth-order valence-corrected chi connectivity index (χ4v) is 2.62. The van der Waals surface area contributed by atoms with Crippen LogP contribution in [0.3, 0.4) is 0 Å². The predicted molar refractivity (Wildman–Crippen MR) is 102 cm³/mol. The van der Waals surface area contributed by atoms with Crippen LogP contribution >= 0.6 is 15.9 Å². The number of aryl methyl sites for hydroxylation is 1. The second-order valence-corrected chi connectivity index (χ2v) is 6.57. The number of hydrogen-bond acceptors (Lipinski definition) is 4. The van der Waals surface area contributed by atoms with Crippen molar-refractivity contribution in [3.05, 3.63) is 58.1 Å². The van der Waals surface area contributed by atoms with Gasteiger partial charge in [-0.05, 0) is 49.7 Å². The van der Waals surface area contributed by atoms with Crippen molar-refractivity contribution in [3.63, 3.8) is 0 Å². The molecule has 2 amide bonds. The molecule has 0 radical (unpaired) electrons. The van der Waals surface area contributed by atoms with Crippen LogP contribution < -0.4 is 15.4 Å². The zero-order valence-electron chi connectivity index (χ0n) is 14.5. The molecule has 0 atom stereocenters. The molecule has 0 heterocycles. The molecule has 2 N–H and O–H groups in total. The van der Waals surface area contributed by atoms with E-state index in [1.165, 1.54) is 6.92 Å². The van der Waals surface area contributed by atoms with Crippen LogP contribution in [0.5, 0.6) is 5.75 Å². The summed E-state index contributed by atoms with van der Waals surface area (Å²) in [7, 11) is 0. The molecule has 136 valence electrons. The molecule has 0 unspecified atom stereocenters. The largest absolute Gasteiger partial charge is 0.484 e. The number of halogens is 1. The van der Waals surface area contributed by atoms with Crippen LogP contribution in [0.1, 0.15) is 22.8 Å². The molecular formula is C19H19BrN2O4. The monoisotopic (exact) mass is 418 g/mol. The van der Waals surface area contributed by atoms with Crippen LogP contribution in [0, 0.1) is 6.92 Å². The highest BCUT2D eigenvalue weighted by molar-refractivity contribution is 9.10. The summed E-state index contributed by atoms with van der Waals surface area (Å²) >= 11 is 3.36. The van der Waals surface area contributed by atoms with Gasteiger partial charge in [0.2, 0.25) is 5.91 Å². The number of Topliss-reactive ketones (excluding diaryl/α,β-unsaturated/α-hetero) is 1. The van der Waals surface area contributed by atoms with Gasteiger partial charge >= 0.3 is 0 Å². The van der Waals surface area contributed by atoms with Gasteiger partial charge in [0.25, 0.3) is 5.91 Å². The molecule has 2 aromatic rings. The third-order valence-electron chi connectivity index (χ3n) is 3.52. The van der Waals surface area contributed by atoms with E-state index in [4.69, 9.17) is 4.74 Å². The van der Waals surface area contributed by atoms with E-state index in [1.54, 1.807) is 30.3 Å². The van der Waals surface area contributed by atoms with Gasteiger partial charge in [0, 0.05) is 15.7 Å². The summed E-state index contributed by atoms with van der Waals surface area (Å²) in [6.45, 7) is 2.93. The number of carbonyl (C=O) groups is 3. The normalized spacial score (nSPS) is 10.1. The molecule has 2 aromatic carbocycles. The SMILES string of the molecule is CC(=O)c1cccc(OCC(=O)NCC(=O)Nc2ccc(Br)cc2C)c1. The van der Waals surface area contributed by atoms with E-state index in [9.17, 15) is 14.4 Å². The summed E-state index contributed by atoms with van der Waals surface area (Å²) in [4.78, 5) is 35.1. The van der Waals surface area contributed by atoms with Crippen molar-refractivity contribution in [1.82, 2.24) is 5.32 Å². The first-order valence-corrected chi connectivity index (χ1v) is 8.71. The summed E-state index contributed by atoms with van der Waals surface area (Å²) in [5, 5.41) is 5.22. The van der Waals surface area contributed by atoms with Crippen molar-refractivity contribution in [2.45, 2.75) is 13.8 Å².